The Hall–Kier alpha value is -1.40. The SMILES string of the molecule is C#CCCC(NCC)c1cnccn1. The van der Waals surface area contributed by atoms with Gasteiger partial charge >= 0.3 is 0 Å². The zero-order valence-electron chi connectivity index (χ0n) is 8.40. The minimum absolute atomic E-state index is 0.227. The molecule has 0 amide bonds. The van der Waals surface area contributed by atoms with Gasteiger partial charge in [0.25, 0.3) is 0 Å². The molecule has 0 aromatic carbocycles. The Balaban J connectivity index is 2.63. The summed E-state index contributed by atoms with van der Waals surface area (Å²) in [5.41, 5.74) is 0.963. The molecule has 1 N–H and O–H groups in total. The van der Waals surface area contributed by atoms with E-state index in [1.54, 1.807) is 18.6 Å². The molecule has 0 bridgehead atoms. The van der Waals surface area contributed by atoms with Crippen molar-refractivity contribution in [2.45, 2.75) is 25.8 Å². The van der Waals surface area contributed by atoms with Crippen LogP contribution >= 0.6 is 0 Å². The van der Waals surface area contributed by atoms with Crippen LogP contribution in [0.15, 0.2) is 18.6 Å². The maximum atomic E-state index is 5.24. The number of nitrogens with one attached hydrogen (secondary N) is 1. The minimum Gasteiger partial charge on any atom is -0.309 e. The second-order valence-electron chi connectivity index (χ2n) is 2.98. The third-order valence-corrected chi connectivity index (χ3v) is 1.97. The fourth-order valence-corrected chi connectivity index (χ4v) is 1.32. The van der Waals surface area contributed by atoms with Crippen molar-refractivity contribution < 1.29 is 0 Å². The molecule has 1 rings (SSSR count). The van der Waals surface area contributed by atoms with Crippen molar-refractivity contribution in [3.8, 4) is 12.3 Å². The van der Waals surface area contributed by atoms with Gasteiger partial charge in [-0.25, -0.2) is 0 Å². The summed E-state index contributed by atoms with van der Waals surface area (Å²) < 4.78 is 0. The van der Waals surface area contributed by atoms with Gasteiger partial charge in [0.05, 0.1) is 11.7 Å². The number of terminal acetylenes is 1. The topological polar surface area (TPSA) is 37.8 Å². The van der Waals surface area contributed by atoms with Gasteiger partial charge in [0.15, 0.2) is 0 Å². The number of nitrogens with zero attached hydrogens (tertiary/aromatic N) is 2. The first-order chi connectivity index (χ1) is 6.88. The normalized spacial score (nSPS) is 12.0. The Morgan fingerprint density at radius 1 is 1.57 bits per heavy atom. The molecule has 14 heavy (non-hydrogen) atoms. The minimum atomic E-state index is 0.227. The maximum Gasteiger partial charge on any atom is 0.0756 e. The zero-order chi connectivity index (χ0) is 10.2. The van der Waals surface area contributed by atoms with E-state index in [0.717, 1.165) is 25.1 Å². The third-order valence-electron chi connectivity index (χ3n) is 1.97. The molecule has 1 atom stereocenters. The van der Waals surface area contributed by atoms with Gasteiger partial charge in [0, 0.05) is 25.0 Å². The average Bonchev–Trinajstić information content (AvgIpc) is 2.25. The van der Waals surface area contributed by atoms with Crippen LogP contribution in [0.4, 0.5) is 0 Å². The first-order valence-corrected chi connectivity index (χ1v) is 4.81. The van der Waals surface area contributed by atoms with Crippen molar-refractivity contribution in [3.63, 3.8) is 0 Å². The molecule has 3 nitrogen and oxygen atoms in total. The molecule has 0 aliphatic carbocycles. The van der Waals surface area contributed by atoms with E-state index in [1.807, 2.05) is 0 Å². The first kappa shape index (κ1) is 10.7. The summed E-state index contributed by atoms with van der Waals surface area (Å²) in [4.78, 5) is 8.30. The molecule has 0 spiro atoms. The molecular weight excluding hydrogens is 174 g/mol. The molecular formula is C11H15N3. The van der Waals surface area contributed by atoms with Crippen LogP contribution in [0.2, 0.25) is 0 Å². The monoisotopic (exact) mass is 189 g/mol. The molecule has 0 aliphatic heterocycles. The predicted molar refractivity (Wildman–Crippen MR) is 56.5 cm³/mol. The van der Waals surface area contributed by atoms with Gasteiger partial charge in [0.1, 0.15) is 0 Å². The summed E-state index contributed by atoms with van der Waals surface area (Å²) in [7, 11) is 0. The summed E-state index contributed by atoms with van der Waals surface area (Å²) in [6, 6.07) is 0.227. The van der Waals surface area contributed by atoms with Crippen molar-refractivity contribution in [1.82, 2.24) is 15.3 Å². The number of aromatic nitrogens is 2. The van der Waals surface area contributed by atoms with Crippen molar-refractivity contribution >= 4 is 0 Å². The standard InChI is InChI=1S/C11H15N3/c1-3-5-6-10(13-4-2)11-9-12-7-8-14-11/h1,7-10,13H,4-6H2,2H3. The molecule has 0 radical (unpaired) electrons. The van der Waals surface area contributed by atoms with Gasteiger partial charge in [-0.15, -0.1) is 12.3 Å². The summed E-state index contributed by atoms with van der Waals surface area (Å²) >= 11 is 0. The lowest BCUT2D eigenvalue weighted by atomic mass is 10.1. The van der Waals surface area contributed by atoms with Gasteiger partial charge in [-0.3, -0.25) is 9.97 Å². The molecule has 0 saturated carbocycles. The Labute approximate surface area is 85.0 Å². The molecule has 1 aromatic rings. The zero-order valence-corrected chi connectivity index (χ0v) is 8.40. The fourth-order valence-electron chi connectivity index (χ4n) is 1.32. The second kappa shape index (κ2) is 6.11. The van der Waals surface area contributed by atoms with Crippen molar-refractivity contribution in [2.24, 2.45) is 0 Å². The molecule has 1 aromatic heterocycles. The lowest BCUT2D eigenvalue weighted by Crippen LogP contribution is -2.21. The van der Waals surface area contributed by atoms with E-state index in [9.17, 15) is 0 Å². The highest BCUT2D eigenvalue weighted by atomic mass is 14.9. The van der Waals surface area contributed by atoms with E-state index in [-0.39, 0.29) is 6.04 Å². The molecule has 74 valence electrons. The van der Waals surface area contributed by atoms with Crippen LogP contribution in [0.5, 0.6) is 0 Å². The number of hydrogen-bond donors (Lipinski definition) is 1. The number of rotatable bonds is 5. The van der Waals surface area contributed by atoms with Gasteiger partial charge in [-0.2, -0.15) is 0 Å². The third kappa shape index (κ3) is 3.15. The second-order valence-corrected chi connectivity index (χ2v) is 2.98. The van der Waals surface area contributed by atoms with Crippen molar-refractivity contribution in [2.75, 3.05) is 6.54 Å². The predicted octanol–water partition coefficient (Wildman–Crippen LogP) is 1.54. The van der Waals surface area contributed by atoms with Crippen LogP contribution in [0.25, 0.3) is 0 Å². The lowest BCUT2D eigenvalue weighted by Gasteiger charge is -2.15. The van der Waals surface area contributed by atoms with Crippen LogP contribution in [0.1, 0.15) is 31.5 Å². The Bertz CT molecular complexity index is 289. The van der Waals surface area contributed by atoms with E-state index < -0.39 is 0 Å². The summed E-state index contributed by atoms with van der Waals surface area (Å²) in [5, 5.41) is 3.34. The molecule has 1 unspecified atom stereocenters. The summed E-state index contributed by atoms with van der Waals surface area (Å²) in [6.45, 7) is 2.98. The van der Waals surface area contributed by atoms with E-state index in [4.69, 9.17) is 6.42 Å². The Kier molecular flexibility index (Phi) is 4.66. The lowest BCUT2D eigenvalue weighted by molar-refractivity contribution is 0.509. The summed E-state index contributed by atoms with van der Waals surface area (Å²) in [6.07, 6.45) is 12.1. The first-order valence-electron chi connectivity index (χ1n) is 4.81. The summed E-state index contributed by atoms with van der Waals surface area (Å²) in [5.74, 6) is 2.64. The Morgan fingerprint density at radius 3 is 3.00 bits per heavy atom. The largest absolute Gasteiger partial charge is 0.309 e. The highest BCUT2D eigenvalue weighted by Crippen LogP contribution is 2.14. The molecule has 0 saturated heterocycles. The van der Waals surface area contributed by atoms with E-state index in [0.29, 0.717) is 0 Å². The highest BCUT2D eigenvalue weighted by Gasteiger charge is 2.09. The van der Waals surface area contributed by atoms with Crippen molar-refractivity contribution in [1.29, 1.82) is 0 Å². The van der Waals surface area contributed by atoms with Crippen LogP contribution in [-0.4, -0.2) is 16.5 Å². The molecule has 0 aliphatic rings. The number of hydrogen-bond acceptors (Lipinski definition) is 3. The van der Waals surface area contributed by atoms with Crippen LogP contribution < -0.4 is 5.32 Å². The van der Waals surface area contributed by atoms with E-state index in [2.05, 4.69) is 28.1 Å². The van der Waals surface area contributed by atoms with Crippen molar-refractivity contribution in [3.05, 3.63) is 24.3 Å². The van der Waals surface area contributed by atoms with Crippen LogP contribution in [0.3, 0.4) is 0 Å². The maximum absolute atomic E-state index is 5.24. The van der Waals surface area contributed by atoms with Gasteiger partial charge < -0.3 is 5.32 Å². The smallest absolute Gasteiger partial charge is 0.0756 e. The quantitative estimate of drug-likeness (QED) is 0.714. The fraction of sp³-hybridized carbons (Fsp3) is 0.455. The van der Waals surface area contributed by atoms with E-state index in [1.165, 1.54) is 0 Å². The van der Waals surface area contributed by atoms with Gasteiger partial charge in [-0.05, 0) is 13.0 Å². The van der Waals surface area contributed by atoms with E-state index >= 15 is 0 Å². The highest BCUT2D eigenvalue weighted by molar-refractivity contribution is 5.03. The average molecular weight is 189 g/mol. The molecule has 1 heterocycles. The van der Waals surface area contributed by atoms with Gasteiger partial charge in [-0.1, -0.05) is 6.92 Å². The molecule has 3 heteroatoms. The Morgan fingerprint density at radius 2 is 2.43 bits per heavy atom. The van der Waals surface area contributed by atoms with Gasteiger partial charge in [0.2, 0.25) is 0 Å². The van der Waals surface area contributed by atoms with Crippen LogP contribution in [-0.2, 0) is 0 Å². The molecule has 0 fully saturated rings. The van der Waals surface area contributed by atoms with Crippen LogP contribution in [0, 0.1) is 12.3 Å².